The molecule has 0 radical (unpaired) electrons. The molecule has 2 aliphatic rings. The molecule has 2 aliphatic heterocycles. The fourth-order valence-electron chi connectivity index (χ4n) is 8.22. The summed E-state index contributed by atoms with van der Waals surface area (Å²) in [4.78, 5) is 30.2. The van der Waals surface area contributed by atoms with Gasteiger partial charge in [0.2, 0.25) is 12.3 Å². The second-order valence-corrected chi connectivity index (χ2v) is 17.2. The van der Waals surface area contributed by atoms with Crippen LogP contribution in [0, 0.1) is 11.8 Å². The number of unbranched alkanes of at least 4 members (excludes halogenated alkanes) is 8. The molecule has 4 rings (SSSR count). The second-order valence-electron chi connectivity index (χ2n) is 16.9. The third-order valence-corrected chi connectivity index (χ3v) is 11.2. The standard InChI is InChI=1S/C46H65F2NO7S/c1-7-8-9-13-22-29-44(53-31-32-54-44)30-23-14-11-10-12-21-28-37(45(52,33-38(47)48)41(51)55-43(4,5)6)40(50)49-39(34(2)3)46(56-42(49)57,35-24-17-15-18-25-35)36-26-19-16-20-27-36/h15-21,24-28,34,37-39,52H,7-14,22-23,29-33H2,1-6H3/t37-,39+,45+/m1/s1. The van der Waals surface area contributed by atoms with Crippen molar-refractivity contribution in [3.8, 4) is 0 Å². The average molecular weight is 814 g/mol. The van der Waals surface area contributed by atoms with Crippen molar-refractivity contribution in [1.82, 2.24) is 4.90 Å². The fraction of sp³-hybridized carbons (Fsp3) is 0.630. The van der Waals surface area contributed by atoms with Gasteiger partial charge in [0.1, 0.15) is 5.60 Å². The first-order valence-corrected chi connectivity index (χ1v) is 21.4. The SMILES string of the molecule is CCCCCCCC1(CCCCCCC=C[C@H](C(=O)N2C(=S)OC(c3ccccc3)(c3ccccc3)[C@@H]2C(C)C)[C@@](O)(CC(F)F)C(=O)OC(C)(C)C)OCCO1. The van der Waals surface area contributed by atoms with Crippen LogP contribution in [-0.2, 0) is 34.1 Å². The van der Waals surface area contributed by atoms with Gasteiger partial charge in [0, 0.05) is 30.4 Å². The third-order valence-electron chi connectivity index (χ3n) is 10.9. The first-order valence-electron chi connectivity index (χ1n) is 21.0. The molecule has 2 aromatic carbocycles. The van der Waals surface area contributed by atoms with Gasteiger partial charge in [-0.2, -0.15) is 0 Å². The maximum atomic E-state index is 15.1. The van der Waals surface area contributed by atoms with E-state index < -0.39 is 59.3 Å². The molecule has 316 valence electrons. The number of aliphatic hydroxyl groups is 1. The molecule has 2 fully saturated rings. The Kier molecular flexibility index (Phi) is 17.2. The van der Waals surface area contributed by atoms with Gasteiger partial charge in [-0.1, -0.05) is 132 Å². The van der Waals surface area contributed by atoms with Gasteiger partial charge in [-0.05, 0) is 64.6 Å². The van der Waals surface area contributed by atoms with E-state index in [0.29, 0.717) is 19.6 Å². The number of benzene rings is 2. The lowest BCUT2D eigenvalue weighted by atomic mass is 9.75. The number of hydrogen-bond donors (Lipinski definition) is 1. The normalized spacial score (nSPS) is 19.6. The highest BCUT2D eigenvalue weighted by Gasteiger charge is 2.61. The Morgan fingerprint density at radius 2 is 1.42 bits per heavy atom. The van der Waals surface area contributed by atoms with E-state index in [0.717, 1.165) is 56.1 Å². The molecule has 2 aromatic rings. The van der Waals surface area contributed by atoms with Crippen molar-refractivity contribution in [2.45, 2.75) is 160 Å². The zero-order valence-electron chi connectivity index (χ0n) is 34.9. The molecule has 0 bridgehead atoms. The number of carbonyl (C=O) groups is 2. The summed E-state index contributed by atoms with van der Waals surface area (Å²) in [7, 11) is 0. The number of hydrogen-bond acceptors (Lipinski definition) is 8. The van der Waals surface area contributed by atoms with Crippen molar-refractivity contribution in [2.24, 2.45) is 11.8 Å². The maximum absolute atomic E-state index is 15.1. The molecular formula is C46H65F2NO7S. The fourth-order valence-corrected chi connectivity index (χ4v) is 8.56. The summed E-state index contributed by atoms with van der Waals surface area (Å²) in [5, 5.41) is 11.9. The smallest absolute Gasteiger partial charge is 0.340 e. The molecule has 3 atom stereocenters. The number of alkyl halides is 2. The van der Waals surface area contributed by atoms with E-state index in [9.17, 15) is 18.7 Å². The lowest BCUT2D eigenvalue weighted by Crippen LogP contribution is -2.58. The quantitative estimate of drug-likeness (QED) is 0.0544. The summed E-state index contributed by atoms with van der Waals surface area (Å²) >= 11 is 5.82. The van der Waals surface area contributed by atoms with Gasteiger partial charge >= 0.3 is 5.97 Å². The van der Waals surface area contributed by atoms with E-state index in [-0.39, 0.29) is 11.1 Å². The summed E-state index contributed by atoms with van der Waals surface area (Å²) in [5.41, 5.74) is -3.85. The minimum Gasteiger partial charge on any atom is -0.458 e. The number of ether oxygens (including phenoxy) is 4. The van der Waals surface area contributed by atoms with E-state index >= 15 is 4.79 Å². The molecule has 2 heterocycles. The van der Waals surface area contributed by atoms with Gasteiger partial charge in [0.05, 0.1) is 25.2 Å². The predicted molar refractivity (Wildman–Crippen MR) is 223 cm³/mol. The molecule has 0 saturated carbocycles. The second kappa shape index (κ2) is 21.1. The molecule has 0 spiro atoms. The monoisotopic (exact) mass is 813 g/mol. The zero-order valence-corrected chi connectivity index (χ0v) is 35.7. The Bertz CT molecular complexity index is 1550. The summed E-state index contributed by atoms with van der Waals surface area (Å²) in [6, 6.07) is 18.0. The van der Waals surface area contributed by atoms with Crippen LogP contribution in [0.4, 0.5) is 8.78 Å². The highest BCUT2D eigenvalue weighted by Crippen LogP contribution is 2.48. The predicted octanol–water partition coefficient (Wildman–Crippen LogP) is 10.4. The van der Waals surface area contributed by atoms with Gasteiger partial charge in [0.25, 0.3) is 5.17 Å². The Balaban J connectivity index is 1.59. The first kappa shape index (κ1) is 46.4. The lowest BCUT2D eigenvalue weighted by Gasteiger charge is -2.40. The van der Waals surface area contributed by atoms with Crippen molar-refractivity contribution in [1.29, 1.82) is 0 Å². The number of esters is 1. The van der Waals surface area contributed by atoms with Gasteiger partial charge in [0.15, 0.2) is 17.0 Å². The van der Waals surface area contributed by atoms with Crippen LogP contribution in [0.5, 0.6) is 0 Å². The lowest BCUT2D eigenvalue weighted by molar-refractivity contribution is -0.189. The molecule has 0 aromatic heterocycles. The minimum absolute atomic E-state index is 0.178. The number of halogens is 2. The molecule has 0 aliphatic carbocycles. The molecule has 0 unspecified atom stereocenters. The average Bonchev–Trinajstić information content (AvgIpc) is 3.76. The zero-order chi connectivity index (χ0) is 41.7. The summed E-state index contributed by atoms with van der Waals surface area (Å²) < 4.78 is 53.1. The molecule has 1 N–H and O–H groups in total. The number of thiocarbonyl (C=S) groups is 1. The largest absolute Gasteiger partial charge is 0.458 e. The van der Waals surface area contributed by atoms with Gasteiger partial charge in [-0.15, -0.1) is 0 Å². The van der Waals surface area contributed by atoms with E-state index in [4.69, 9.17) is 31.2 Å². The van der Waals surface area contributed by atoms with Crippen LogP contribution in [0.3, 0.4) is 0 Å². The number of nitrogens with zero attached hydrogens (tertiary/aromatic N) is 1. The molecular weight excluding hydrogens is 749 g/mol. The van der Waals surface area contributed by atoms with Crippen molar-refractivity contribution < 1.29 is 42.4 Å². The summed E-state index contributed by atoms with van der Waals surface area (Å²) in [5.74, 6) is -4.68. The van der Waals surface area contributed by atoms with Gasteiger partial charge < -0.3 is 24.1 Å². The molecule has 11 heteroatoms. The number of carbonyl (C=O) groups excluding carboxylic acids is 2. The van der Waals surface area contributed by atoms with Crippen LogP contribution < -0.4 is 0 Å². The van der Waals surface area contributed by atoms with E-state index in [1.807, 2.05) is 74.5 Å². The number of rotatable bonds is 22. The molecule has 8 nitrogen and oxygen atoms in total. The summed E-state index contributed by atoms with van der Waals surface area (Å²) in [6.07, 6.45) is 10.3. The number of allylic oxidation sites excluding steroid dienone is 1. The van der Waals surface area contributed by atoms with Crippen molar-refractivity contribution in [2.75, 3.05) is 13.2 Å². The van der Waals surface area contributed by atoms with Crippen LogP contribution in [0.1, 0.15) is 136 Å². The van der Waals surface area contributed by atoms with Crippen LogP contribution in [0.15, 0.2) is 72.8 Å². The van der Waals surface area contributed by atoms with Gasteiger partial charge in [-0.25, -0.2) is 13.6 Å². The molecule has 57 heavy (non-hydrogen) atoms. The van der Waals surface area contributed by atoms with E-state index in [2.05, 4.69) is 6.92 Å². The first-order chi connectivity index (χ1) is 27.1. The Morgan fingerprint density at radius 1 is 0.895 bits per heavy atom. The van der Waals surface area contributed by atoms with Gasteiger partial charge in [-0.3, -0.25) is 9.69 Å². The third kappa shape index (κ3) is 11.9. The van der Waals surface area contributed by atoms with Crippen molar-refractivity contribution in [3.63, 3.8) is 0 Å². The number of amides is 1. The van der Waals surface area contributed by atoms with Crippen LogP contribution in [0.25, 0.3) is 0 Å². The highest BCUT2D eigenvalue weighted by molar-refractivity contribution is 7.80. The van der Waals surface area contributed by atoms with Crippen molar-refractivity contribution >= 4 is 29.3 Å². The molecule has 1 amide bonds. The van der Waals surface area contributed by atoms with Crippen LogP contribution in [0.2, 0.25) is 0 Å². The van der Waals surface area contributed by atoms with E-state index in [1.165, 1.54) is 36.7 Å². The van der Waals surface area contributed by atoms with E-state index in [1.54, 1.807) is 26.8 Å². The highest BCUT2D eigenvalue weighted by atomic mass is 32.1. The van der Waals surface area contributed by atoms with Crippen LogP contribution in [-0.4, -0.2) is 69.7 Å². The molecule has 2 saturated heterocycles. The van der Waals surface area contributed by atoms with Crippen molar-refractivity contribution in [3.05, 3.63) is 83.9 Å². The van der Waals surface area contributed by atoms with Crippen LogP contribution >= 0.6 is 12.2 Å². The maximum Gasteiger partial charge on any atom is 0.340 e. The Labute approximate surface area is 344 Å². The minimum atomic E-state index is -3.13. The Hall–Kier alpha value is -3.25. The summed E-state index contributed by atoms with van der Waals surface area (Å²) in [6.45, 7) is 12.0. The Morgan fingerprint density at radius 3 is 1.91 bits per heavy atom. The topological polar surface area (TPSA) is 94.5 Å².